The van der Waals surface area contributed by atoms with Crippen molar-refractivity contribution in [3.05, 3.63) is 66.2 Å². The molecule has 0 aromatic heterocycles. The van der Waals surface area contributed by atoms with Crippen molar-refractivity contribution in [3.8, 4) is 5.75 Å². The van der Waals surface area contributed by atoms with Crippen LogP contribution in [0, 0.1) is 0 Å². The second-order valence-electron chi connectivity index (χ2n) is 7.47. The van der Waals surface area contributed by atoms with Crippen molar-refractivity contribution in [2.45, 2.75) is 30.6 Å². The fourth-order valence-electron chi connectivity index (χ4n) is 3.86. The standard InChI is InChI=1S/C24H26N2O3S/c1-29-24-15-10-19-8-4-5-9-22(19)23(24)18-25-20-11-13-21(14-12-20)30(27,28)26-16-6-2-3-7-17-26/h4-5,8-15,18H,2-3,6-7,16-17H2,1H3. The molecular formula is C24H26N2O3S. The highest BCUT2D eigenvalue weighted by Gasteiger charge is 2.24. The molecule has 0 spiro atoms. The average molecular weight is 423 g/mol. The summed E-state index contributed by atoms with van der Waals surface area (Å²) in [4.78, 5) is 4.90. The molecule has 0 radical (unpaired) electrons. The van der Waals surface area contributed by atoms with E-state index in [-0.39, 0.29) is 0 Å². The SMILES string of the molecule is COc1ccc2ccccc2c1C=Nc1ccc(S(=O)(=O)N2CCCCCC2)cc1. The van der Waals surface area contributed by atoms with Crippen molar-refractivity contribution < 1.29 is 13.2 Å². The van der Waals surface area contributed by atoms with E-state index in [1.165, 1.54) is 0 Å². The molecule has 3 aromatic carbocycles. The van der Waals surface area contributed by atoms with Gasteiger partial charge in [0, 0.05) is 24.9 Å². The van der Waals surface area contributed by atoms with Crippen molar-refractivity contribution in [1.82, 2.24) is 4.31 Å². The Labute approximate surface area is 178 Å². The van der Waals surface area contributed by atoms with Crippen LogP contribution < -0.4 is 4.74 Å². The van der Waals surface area contributed by atoms with Crippen LogP contribution in [0.4, 0.5) is 5.69 Å². The predicted molar refractivity (Wildman–Crippen MR) is 121 cm³/mol. The number of hydrogen-bond acceptors (Lipinski definition) is 4. The largest absolute Gasteiger partial charge is 0.496 e. The predicted octanol–water partition coefficient (Wildman–Crippen LogP) is 5.16. The van der Waals surface area contributed by atoms with E-state index >= 15 is 0 Å². The summed E-state index contributed by atoms with van der Waals surface area (Å²) >= 11 is 0. The number of rotatable bonds is 5. The average Bonchev–Trinajstić information content (AvgIpc) is 3.08. The minimum atomic E-state index is -3.45. The minimum absolute atomic E-state index is 0.325. The summed E-state index contributed by atoms with van der Waals surface area (Å²) in [5.41, 5.74) is 1.59. The molecule has 5 nitrogen and oxygen atoms in total. The van der Waals surface area contributed by atoms with E-state index in [0.717, 1.165) is 47.8 Å². The van der Waals surface area contributed by atoms with E-state index in [4.69, 9.17) is 4.74 Å². The second-order valence-corrected chi connectivity index (χ2v) is 9.41. The van der Waals surface area contributed by atoms with E-state index in [9.17, 15) is 8.42 Å². The summed E-state index contributed by atoms with van der Waals surface area (Å²) in [6.45, 7) is 1.20. The summed E-state index contributed by atoms with van der Waals surface area (Å²) in [5.74, 6) is 0.748. The molecule has 4 rings (SSSR count). The fraction of sp³-hybridized carbons (Fsp3) is 0.292. The normalized spacial score (nSPS) is 16.0. The number of benzene rings is 3. The number of sulfonamides is 1. The minimum Gasteiger partial charge on any atom is -0.496 e. The van der Waals surface area contributed by atoms with Crippen LogP contribution >= 0.6 is 0 Å². The van der Waals surface area contributed by atoms with Crippen LogP contribution in [0.1, 0.15) is 31.2 Å². The van der Waals surface area contributed by atoms with Gasteiger partial charge in [0.15, 0.2) is 0 Å². The molecular weight excluding hydrogens is 396 g/mol. The Hall–Kier alpha value is -2.70. The maximum absolute atomic E-state index is 12.9. The first-order valence-corrected chi connectivity index (χ1v) is 11.7. The number of methoxy groups -OCH3 is 1. The Morgan fingerprint density at radius 3 is 2.30 bits per heavy atom. The molecule has 1 heterocycles. The second kappa shape index (κ2) is 8.98. The molecule has 1 saturated heterocycles. The third kappa shape index (κ3) is 4.25. The molecule has 0 aliphatic carbocycles. The number of nitrogens with zero attached hydrogens (tertiary/aromatic N) is 2. The quantitative estimate of drug-likeness (QED) is 0.534. The van der Waals surface area contributed by atoms with Crippen LogP contribution in [-0.2, 0) is 10.0 Å². The molecule has 1 fully saturated rings. The van der Waals surface area contributed by atoms with Crippen LogP contribution in [-0.4, -0.2) is 39.1 Å². The van der Waals surface area contributed by atoms with Crippen LogP contribution in [0.25, 0.3) is 10.8 Å². The molecule has 3 aromatic rings. The molecule has 1 aliphatic rings. The Morgan fingerprint density at radius 1 is 0.900 bits per heavy atom. The van der Waals surface area contributed by atoms with Gasteiger partial charge in [-0.15, -0.1) is 0 Å². The van der Waals surface area contributed by atoms with Gasteiger partial charge in [0.05, 0.1) is 17.7 Å². The number of ether oxygens (including phenoxy) is 1. The molecule has 0 N–H and O–H groups in total. The van der Waals surface area contributed by atoms with Gasteiger partial charge in [-0.1, -0.05) is 43.2 Å². The summed E-state index contributed by atoms with van der Waals surface area (Å²) in [6, 6.07) is 18.8. The van der Waals surface area contributed by atoms with E-state index in [1.54, 1.807) is 41.9 Å². The molecule has 30 heavy (non-hydrogen) atoms. The summed E-state index contributed by atoms with van der Waals surface area (Å²) in [6.07, 6.45) is 5.82. The van der Waals surface area contributed by atoms with Gasteiger partial charge >= 0.3 is 0 Å². The lowest BCUT2D eigenvalue weighted by Crippen LogP contribution is -2.31. The third-order valence-corrected chi connectivity index (χ3v) is 7.45. The van der Waals surface area contributed by atoms with Crippen LogP contribution in [0.5, 0.6) is 5.75 Å². The Kier molecular flexibility index (Phi) is 6.16. The van der Waals surface area contributed by atoms with Crippen molar-refractivity contribution in [2.24, 2.45) is 4.99 Å². The van der Waals surface area contributed by atoms with Crippen molar-refractivity contribution in [2.75, 3.05) is 20.2 Å². The van der Waals surface area contributed by atoms with Crippen LogP contribution in [0.3, 0.4) is 0 Å². The van der Waals surface area contributed by atoms with Gasteiger partial charge in [-0.25, -0.2) is 8.42 Å². The zero-order valence-electron chi connectivity index (χ0n) is 17.1. The molecule has 0 saturated carbocycles. The zero-order valence-corrected chi connectivity index (χ0v) is 17.9. The summed E-state index contributed by atoms with van der Waals surface area (Å²) in [5, 5.41) is 2.17. The number of hydrogen-bond donors (Lipinski definition) is 0. The topological polar surface area (TPSA) is 59.0 Å². The van der Waals surface area contributed by atoms with Crippen molar-refractivity contribution in [3.63, 3.8) is 0 Å². The van der Waals surface area contributed by atoms with E-state index in [0.29, 0.717) is 23.7 Å². The van der Waals surface area contributed by atoms with E-state index in [2.05, 4.69) is 11.1 Å². The fourth-order valence-corrected chi connectivity index (χ4v) is 5.38. The van der Waals surface area contributed by atoms with Crippen molar-refractivity contribution in [1.29, 1.82) is 0 Å². The number of fused-ring (bicyclic) bond motifs is 1. The molecule has 156 valence electrons. The van der Waals surface area contributed by atoms with Gasteiger partial charge in [0.2, 0.25) is 10.0 Å². The summed E-state index contributed by atoms with van der Waals surface area (Å²) in [7, 11) is -1.80. The molecule has 1 aliphatic heterocycles. The maximum atomic E-state index is 12.9. The zero-order chi connectivity index (χ0) is 21.0. The van der Waals surface area contributed by atoms with Gasteiger partial charge in [-0.3, -0.25) is 4.99 Å². The first kappa shape index (κ1) is 20.6. The highest BCUT2D eigenvalue weighted by molar-refractivity contribution is 7.89. The lowest BCUT2D eigenvalue weighted by atomic mass is 10.0. The van der Waals surface area contributed by atoms with Gasteiger partial charge in [0.1, 0.15) is 5.75 Å². The van der Waals surface area contributed by atoms with E-state index in [1.807, 2.05) is 30.3 Å². The van der Waals surface area contributed by atoms with Crippen LogP contribution in [0.2, 0.25) is 0 Å². The van der Waals surface area contributed by atoms with Crippen LogP contribution in [0.15, 0.2) is 70.6 Å². The molecule has 0 unspecified atom stereocenters. The first-order chi connectivity index (χ1) is 14.6. The summed E-state index contributed by atoms with van der Waals surface area (Å²) < 4.78 is 33.0. The lowest BCUT2D eigenvalue weighted by Gasteiger charge is -2.19. The first-order valence-electron chi connectivity index (χ1n) is 10.3. The smallest absolute Gasteiger partial charge is 0.243 e. The molecule has 6 heteroatoms. The molecule has 0 bridgehead atoms. The lowest BCUT2D eigenvalue weighted by molar-refractivity contribution is 0.415. The monoisotopic (exact) mass is 422 g/mol. The molecule has 0 atom stereocenters. The Bertz CT molecular complexity index is 1150. The highest BCUT2D eigenvalue weighted by atomic mass is 32.2. The number of aliphatic imine (C=N–C) groups is 1. The van der Waals surface area contributed by atoms with Gasteiger partial charge < -0.3 is 4.74 Å². The Morgan fingerprint density at radius 2 is 1.60 bits per heavy atom. The van der Waals surface area contributed by atoms with E-state index < -0.39 is 10.0 Å². The van der Waals surface area contributed by atoms with Gasteiger partial charge in [-0.05, 0) is 53.9 Å². The molecule has 0 amide bonds. The maximum Gasteiger partial charge on any atom is 0.243 e. The van der Waals surface area contributed by atoms with Gasteiger partial charge in [-0.2, -0.15) is 4.31 Å². The highest BCUT2D eigenvalue weighted by Crippen LogP contribution is 2.28. The van der Waals surface area contributed by atoms with Crippen molar-refractivity contribution >= 4 is 32.7 Å². The third-order valence-electron chi connectivity index (χ3n) is 5.53. The van der Waals surface area contributed by atoms with Gasteiger partial charge in [0.25, 0.3) is 0 Å². The Balaban J connectivity index is 1.60.